The fourth-order valence-electron chi connectivity index (χ4n) is 3.98. The Kier molecular flexibility index (Phi) is 8.04. The van der Waals surface area contributed by atoms with E-state index in [1.807, 2.05) is 0 Å². The molecule has 12 heteroatoms. The van der Waals surface area contributed by atoms with E-state index in [2.05, 4.69) is 17.4 Å². The van der Waals surface area contributed by atoms with Crippen LogP contribution in [-0.4, -0.2) is 61.3 Å². The van der Waals surface area contributed by atoms with Gasteiger partial charge in [-0.1, -0.05) is 12.1 Å². The topological polar surface area (TPSA) is 97.7 Å². The number of Topliss-reactive ketones (excluding diaryl/α,β-unsaturated/α-hetero) is 1. The first-order chi connectivity index (χ1) is 16.0. The normalized spacial score (nSPS) is 18.4. The number of sulfonamides is 1. The van der Waals surface area contributed by atoms with Gasteiger partial charge in [0.1, 0.15) is 16.4 Å². The van der Waals surface area contributed by atoms with Crippen molar-refractivity contribution < 1.29 is 31.5 Å². The molecule has 2 aromatic rings. The Morgan fingerprint density at radius 3 is 2.59 bits per heavy atom. The molecule has 1 aliphatic rings. The third-order valence-electron chi connectivity index (χ3n) is 5.74. The largest absolute Gasteiger partial charge is 0.450 e. The van der Waals surface area contributed by atoms with Crippen LogP contribution < -0.4 is 4.72 Å². The van der Waals surface area contributed by atoms with Crippen molar-refractivity contribution in [2.24, 2.45) is 13.0 Å². The minimum atomic E-state index is -4.36. The smallest absolute Gasteiger partial charge is 0.409 e. The molecule has 0 unspecified atom stereocenters. The van der Waals surface area contributed by atoms with Gasteiger partial charge in [0.2, 0.25) is 10.0 Å². The molecule has 0 radical (unpaired) electrons. The molecule has 186 valence electrons. The highest BCUT2D eigenvalue weighted by molar-refractivity contribution is 7.89. The maximum atomic E-state index is 15.2. The minimum Gasteiger partial charge on any atom is -0.450 e. The number of benzene rings is 1. The van der Waals surface area contributed by atoms with Crippen molar-refractivity contribution >= 4 is 34.5 Å². The zero-order chi connectivity index (χ0) is 25.2. The van der Waals surface area contributed by atoms with Crippen molar-refractivity contribution in [3.63, 3.8) is 0 Å². The Hall–Kier alpha value is -2.44. The molecule has 2 heterocycles. The summed E-state index contributed by atoms with van der Waals surface area (Å²) in [5.74, 6) is -2.25. The summed E-state index contributed by atoms with van der Waals surface area (Å²) in [5.41, 5.74) is 0.429. The molecule has 1 amide bonds. The van der Waals surface area contributed by atoms with Crippen molar-refractivity contribution in [1.82, 2.24) is 14.2 Å². The van der Waals surface area contributed by atoms with Gasteiger partial charge < -0.3 is 14.2 Å². The van der Waals surface area contributed by atoms with Gasteiger partial charge >= 0.3 is 6.09 Å². The third kappa shape index (κ3) is 5.44. The van der Waals surface area contributed by atoms with Crippen molar-refractivity contribution in [2.75, 3.05) is 25.4 Å². The van der Waals surface area contributed by atoms with Gasteiger partial charge in [0.25, 0.3) is 0 Å². The Bertz CT molecular complexity index is 1200. The quantitative estimate of drug-likeness (QED) is 0.416. The molecule has 1 N–H and O–H groups in total. The van der Waals surface area contributed by atoms with Gasteiger partial charge in [-0.05, 0) is 36.8 Å². The Morgan fingerprint density at radius 1 is 1.26 bits per heavy atom. The summed E-state index contributed by atoms with van der Waals surface area (Å²) in [6.45, 7) is 3.69. The number of likely N-dealkylation sites (tertiary alicyclic amines) is 1. The van der Waals surface area contributed by atoms with Gasteiger partial charge in [0, 0.05) is 44.7 Å². The second-order valence-electron chi connectivity index (χ2n) is 8.22. The Balaban J connectivity index is 1.81. The van der Waals surface area contributed by atoms with Crippen molar-refractivity contribution in [3.8, 4) is 0 Å². The first-order valence-corrected chi connectivity index (χ1v) is 12.8. The average molecular weight is 516 g/mol. The number of ketones is 1. The van der Waals surface area contributed by atoms with E-state index in [4.69, 9.17) is 4.74 Å². The fourth-order valence-corrected chi connectivity index (χ4v) is 5.77. The number of aryl methyl sites for hydroxylation is 2. The molecule has 0 bridgehead atoms. The second-order valence-corrected chi connectivity index (χ2v) is 10.3. The van der Waals surface area contributed by atoms with Gasteiger partial charge in [-0.25, -0.2) is 26.7 Å². The van der Waals surface area contributed by atoms with Crippen LogP contribution in [-0.2, 0) is 28.2 Å². The summed E-state index contributed by atoms with van der Waals surface area (Å²) in [4.78, 5) is 25.5. The zero-order valence-corrected chi connectivity index (χ0v) is 20.8. The first-order valence-electron chi connectivity index (χ1n) is 10.7. The lowest BCUT2D eigenvalue weighted by atomic mass is 10.0. The summed E-state index contributed by atoms with van der Waals surface area (Å²) < 4.78 is 63.3. The van der Waals surface area contributed by atoms with Crippen LogP contribution in [0, 0.1) is 24.5 Å². The van der Waals surface area contributed by atoms with Crippen molar-refractivity contribution in [2.45, 2.75) is 31.2 Å². The molecule has 34 heavy (non-hydrogen) atoms. The second kappa shape index (κ2) is 10.4. The number of hydrogen-bond donors (Lipinski definition) is 2. The van der Waals surface area contributed by atoms with Crippen molar-refractivity contribution in [1.29, 1.82) is 0 Å². The monoisotopic (exact) mass is 515 g/mol. The van der Waals surface area contributed by atoms with Crippen LogP contribution in [0.25, 0.3) is 0 Å². The lowest BCUT2D eigenvalue weighted by molar-refractivity contribution is 0.0980. The first kappa shape index (κ1) is 26.2. The van der Waals surface area contributed by atoms with E-state index in [-0.39, 0.29) is 32.0 Å². The molecular weight excluding hydrogens is 488 g/mol. The maximum Gasteiger partial charge on any atom is 0.409 e. The number of thiol groups is 1. The number of nitrogens with zero attached hydrogens (tertiary/aromatic N) is 2. The number of hydrogen-bond acceptors (Lipinski definition) is 6. The van der Waals surface area contributed by atoms with Crippen LogP contribution in [0.5, 0.6) is 0 Å². The summed E-state index contributed by atoms with van der Waals surface area (Å²) in [5, 5.41) is 0. The summed E-state index contributed by atoms with van der Waals surface area (Å²) in [6.07, 6.45) is 0.252. The molecule has 1 aliphatic heterocycles. The molecule has 8 nitrogen and oxygen atoms in total. The molecule has 0 aliphatic carbocycles. The number of carbonyl (C=O) groups is 2. The van der Waals surface area contributed by atoms with E-state index in [9.17, 15) is 22.4 Å². The molecule has 1 aromatic heterocycles. The zero-order valence-electron chi connectivity index (χ0n) is 19.0. The van der Waals surface area contributed by atoms with E-state index in [1.54, 1.807) is 13.8 Å². The summed E-state index contributed by atoms with van der Waals surface area (Å²) >= 11 is 4.24. The highest BCUT2D eigenvalue weighted by Gasteiger charge is 2.39. The summed E-state index contributed by atoms with van der Waals surface area (Å²) in [6, 6.07) is 3.43. The van der Waals surface area contributed by atoms with Crippen LogP contribution in [0.3, 0.4) is 0 Å². The predicted octanol–water partition coefficient (Wildman–Crippen LogP) is 2.70. The van der Waals surface area contributed by atoms with Gasteiger partial charge in [-0.3, -0.25) is 4.79 Å². The lowest BCUT2D eigenvalue weighted by Crippen LogP contribution is -2.41. The van der Waals surface area contributed by atoms with E-state index >= 15 is 4.39 Å². The summed E-state index contributed by atoms with van der Waals surface area (Å²) in [7, 11) is -2.98. The van der Waals surface area contributed by atoms with E-state index in [0.717, 1.165) is 10.8 Å². The minimum absolute atomic E-state index is 0.0491. The standard InChI is InChI=1S/C22H27F2N3O5S2/c1-4-32-22(29)27-9-15(12-33)17(10-27)25-34(30,31)19-11-26(3)21(20(19)24)18(28)8-14-5-6-16(23)13(2)7-14/h5-7,11,15,17,25,33H,4,8-10,12H2,1-3H3/t15-,17-/m0/s1. The van der Waals surface area contributed by atoms with Crippen LogP contribution in [0.1, 0.15) is 28.5 Å². The molecule has 0 spiro atoms. The Labute approximate surface area is 202 Å². The molecular formula is C22H27F2N3O5S2. The van der Waals surface area contributed by atoms with Gasteiger partial charge in [0.05, 0.1) is 6.61 Å². The van der Waals surface area contributed by atoms with Gasteiger partial charge in [0.15, 0.2) is 11.6 Å². The molecule has 1 saturated heterocycles. The highest BCUT2D eigenvalue weighted by Crippen LogP contribution is 2.25. The Morgan fingerprint density at radius 2 is 1.97 bits per heavy atom. The lowest BCUT2D eigenvalue weighted by Gasteiger charge is -2.17. The number of carbonyl (C=O) groups excluding carboxylic acids is 2. The molecule has 2 atom stereocenters. The number of rotatable bonds is 8. The van der Waals surface area contributed by atoms with Crippen molar-refractivity contribution in [3.05, 3.63) is 52.9 Å². The van der Waals surface area contributed by atoms with Gasteiger partial charge in [-0.2, -0.15) is 12.6 Å². The molecule has 1 fully saturated rings. The predicted molar refractivity (Wildman–Crippen MR) is 125 cm³/mol. The number of nitrogens with one attached hydrogen (secondary N) is 1. The number of aromatic nitrogens is 1. The maximum absolute atomic E-state index is 15.2. The molecule has 3 rings (SSSR count). The van der Waals surface area contributed by atoms with Crippen LogP contribution in [0.2, 0.25) is 0 Å². The molecule has 1 aromatic carbocycles. The van der Waals surface area contributed by atoms with Crippen LogP contribution in [0.4, 0.5) is 13.6 Å². The highest BCUT2D eigenvalue weighted by atomic mass is 32.2. The van der Waals surface area contributed by atoms with Crippen LogP contribution >= 0.6 is 12.6 Å². The fraction of sp³-hybridized carbons (Fsp3) is 0.455. The number of halogens is 2. The van der Waals surface area contributed by atoms with Crippen LogP contribution in [0.15, 0.2) is 29.3 Å². The molecule has 0 saturated carbocycles. The van der Waals surface area contributed by atoms with E-state index < -0.39 is 50.2 Å². The van der Waals surface area contributed by atoms with E-state index in [1.165, 1.54) is 30.1 Å². The average Bonchev–Trinajstić information content (AvgIpc) is 3.30. The van der Waals surface area contributed by atoms with Gasteiger partial charge in [-0.15, -0.1) is 0 Å². The van der Waals surface area contributed by atoms with E-state index in [0.29, 0.717) is 16.9 Å². The number of ether oxygens (including phenoxy) is 1. The number of amides is 1. The SMILES string of the molecule is CCOC(=O)N1C[C@@H](CS)[C@@H](NS(=O)(=O)c2cn(C)c(C(=O)Cc3ccc(F)c(C)c3)c2F)C1. The third-order valence-corrected chi connectivity index (χ3v) is 7.68.